The van der Waals surface area contributed by atoms with E-state index < -0.39 is 71.2 Å². The summed E-state index contributed by atoms with van der Waals surface area (Å²) < 4.78 is 51.7. The van der Waals surface area contributed by atoms with Crippen LogP contribution in [-0.4, -0.2) is 69.5 Å². The van der Waals surface area contributed by atoms with Gasteiger partial charge >= 0.3 is 17.9 Å². The highest BCUT2D eigenvalue weighted by molar-refractivity contribution is 7.86. The van der Waals surface area contributed by atoms with Crippen LogP contribution < -0.4 is 5.32 Å². The maximum absolute atomic E-state index is 12.6. The quantitative estimate of drug-likeness (QED) is 0.297. The van der Waals surface area contributed by atoms with Crippen LogP contribution in [0.5, 0.6) is 0 Å². The van der Waals surface area contributed by atoms with Crippen LogP contribution >= 0.6 is 0 Å². The van der Waals surface area contributed by atoms with Crippen molar-refractivity contribution >= 4 is 33.9 Å². The molecular formula is C21H27NO11S. The van der Waals surface area contributed by atoms with Gasteiger partial charge in [-0.1, -0.05) is 17.7 Å². The number of nitrogens with one attached hydrogen (secondary N) is 1. The zero-order valence-corrected chi connectivity index (χ0v) is 20.1. The fourth-order valence-electron chi connectivity index (χ4n) is 3.29. The van der Waals surface area contributed by atoms with Crippen molar-refractivity contribution in [3.05, 3.63) is 29.8 Å². The van der Waals surface area contributed by atoms with E-state index >= 15 is 0 Å². The van der Waals surface area contributed by atoms with Gasteiger partial charge in [0.05, 0.1) is 11.5 Å². The molecule has 1 aliphatic rings. The lowest BCUT2D eigenvalue weighted by atomic mass is 9.96. The van der Waals surface area contributed by atoms with Gasteiger partial charge in [-0.05, 0) is 19.1 Å². The molecule has 1 aliphatic heterocycles. The van der Waals surface area contributed by atoms with Crippen LogP contribution in [0.25, 0.3) is 0 Å². The van der Waals surface area contributed by atoms with Crippen molar-refractivity contribution in [2.45, 2.75) is 70.2 Å². The molecule has 1 N–H and O–H groups in total. The van der Waals surface area contributed by atoms with Crippen LogP contribution in [-0.2, 0) is 52.4 Å². The van der Waals surface area contributed by atoms with Crippen molar-refractivity contribution in [2.75, 3.05) is 6.61 Å². The maximum Gasteiger partial charge on any atom is 0.305 e. The molecule has 13 heteroatoms. The number of carbonyl (C=O) groups is 4. The molecule has 1 amide bonds. The predicted molar refractivity (Wildman–Crippen MR) is 113 cm³/mol. The standard InChI is InChI=1S/C21H27NO11S/c1-11-6-8-16(9-7-11)34(27,28)29-10-17-19(30-13(3)24)20(31-14(4)25)18(22-12(2)23)21(33-17)32-15(5)26/h6-9,17-21H,10H2,1-5H3,(H,22,23)/t17-,18-,19+,20+,21+/m0/s1. The Morgan fingerprint density at radius 1 is 0.882 bits per heavy atom. The van der Waals surface area contributed by atoms with Crippen molar-refractivity contribution in [1.29, 1.82) is 0 Å². The number of benzene rings is 1. The minimum absolute atomic E-state index is 0.123. The number of carbonyl (C=O) groups excluding carboxylic acids is 4. The average Bonchev–Trinajstić information content (AvgIpc) is 2.70. The SMILES string of the molecule is CC(=O)N[C@@H]1[C@H](OC(C)=O)O[C@@H](COS(=O)(=O)c2ccc(C)cc2)[C@@H](OC(C)=O)[C@@H]1OC(C)=O. The summed E-state index contributed by atoms with van der Waals surface area (Å²) in [7, 11) is -4.25. The lowest BCUT2D eigenvalue weighted by Gasteiger charge is -2.44. The number of aryl methyl sites for hydroxylation is 1. The zero-order valence-electron chi connectivity index (χ0n) is 19.3. The Kier molecular flexibility index (Phi) is 9.13. The van der Waals surface area contributed by atoms with Gasteiger partial charge in [0.25, 0.3) is 10.1 Å². The molecule has 1 aromatic carbocycles. The second-order valence-corrected chi connectivity index (χ2v) is 9.19. The number of ether oxygens (including phenoxy) is 4. The summed E-state index contributed by atoms with van der Waals surface area (Å²) in [5.41, 5.74) is 0.835. The number of hydrogen-bond donors (Lipinski definition) is 1. The highest BCUT2D eigenvalue weighted by Crippen LogP contribution is 2.28. The van der Waals surface area contributed by atoms with Crippen LogP contribution in [0.2, 0.25) is 0 Å². The van der Waals surface area contributed by atoms with Crippen LogP contribution in [0.4, 0.5) is 0 Å². The van der Waals surface area contributed by atoms with Crippen molar-refractivity contribution in [1.82, 2.24) is 5.32 Å². The summed E-state index contributed by atoms with van der Waals surface area (Å²) in [6.07, 6.45) is -5.66. The van der Waals surface area contributed by atoms with E-state index in [1.54, 1.807) is 19.1 Å². The van der Waals surface area contributed by atoms with E-state index in [2.05, 4.69) is 5.32 Å². The van der Waals surface area contributed by atoms with E-state index in [1.807, 2.05) is 0 Å². The second-order valence-electron chi connectivity index (χ2n) is 7.58. The van der Waals surface area contributed by atoms with Gasteiger partial charge in [-0.3, -0.25) is 23.4 Å². The normalized spacial score (nSPS) is 24.6. The Bertz CT molecular complexity index is 1020. The molecule has 1 fully saturated rings. The molecule has 0 saturated carbocycles. The third-order valence-corrected chi connectivity index (χ3v) is 5.90. The molecule has 2 rings (SSSR count). The molecule has 5 atom stereocenters. The second kappa shape index (κ2) is 11.4. The molecule has 0 radical (unpaired) electrons. The first-order valence-corrected chi connectivity index (χ1v) is 11.6. The van der Waals surface area contributed by atoms with E-state index in [0.29, 0.717) is 0 Å². The highest BCUT2D eigenvalue weighted by Gasteiger charge is 2.52. The third kappa shape index (κ3) is 7.50. The summed E-state index contributed by atoms with van der Waals surface area (Å²) in [6.45, 7) is 5.51. The van der Waals surface area contributed by atoms with E-state index in [-0.39, 0.29) is 4.90 Å². The van der Waals surface area contributed by atoms with Crippen molar-refractivity contribution < 1.29 is 50.7 Å². The molecule has 0 bridgehead atoms. The van der Waals surface area contributed by atoms with Crippen molar-refractivity contribution in [3.8, 4) is 0 Å². The lowest BCUT2D eigenvalue weighted by Crippen LogP contribution is -2.66. The maximum atomic E-state index is 12.6. The molecule has 0 spiro atoms. The van der Waals surface area contributed by atoms with Gasteiger partial charge in [-0.2, -0.15) is 8.42 Å². The molecule has 0 unspecified atom stereocenters. The number of rotatable bonds is 8. The van der Waals surface area contributed by atoms with Gasteiger partial charge in [-0.25, -0.2) is 0 Å². The first-order chi connectivity index (χ1) is 15.8. The van der Waals surface area contributed by atoms with Gasteiger partial charge in [0.1, 0.15) is 12.1 Å². The molecular weight excluding hydrogens is 474 g/mol. The Hall–Kier alpha value is -3.03. The monoisotopic (exact) mass is 501 g/mol. The van der Waals surface area contributed by atoms with Crippen LogP contribution in [0.3, 0.4) is 0 Å². The number of amides is 1. The van der Waals surface area contributed by atoms with E-state index in [4.69, 9.17) is 23.1 Å². The fraction of sp³-hybridized carbons (Fsp3) is 0.524. The molecule has 188 valence electrons. The fourth-order valence-corrected chi connectivity index (χ4v) is 4.20. The minimum Gasteiger partial charge on any atom is -0.456 e. The Morgan fingerprint density at radius 2 is 1.41 bits per heavy atom. The van der Waals surface area contributed by atoms with Gasteiger partial charge in [-0.15, -0.1) is 0 Å². The lowest BCUT2D eigenvalue weighted by molar-refractivity contribution is -0.268. The van der Waals surface area contributed by atoms with Gasteiger partial charge in [0.2, 0.25) is 12.2 Å². The molecule has 1 heterocycles. The van der Waals surface area contributed by atoms with Gasteiger partial charge in [0, 0.05) is 27.7 Å². The van der Waals surface area contributed by atoms with E-state index in [0.717, 1.165) is 26.3 Å². The third-order valence-electron chi connectivity index (χ3n) is 4.60. The van der Waals surface area contributed by atoms with Gasteiger partial charge in [0.15, 0.2) is 12.2 Å². The predicted octanol–water partition coefficient (Wildman–Crippen LogP) is 0.356. The first-order valence-electron chi connectivity index (χ1n) is 10.2. The number of hydrogen-bond acceptors (Lipinski definition) is 11. The molecule has 1 saturated heterocycles. The van der Waals surface area contributed by atoms with Crippen molar-refractivity contribution in [3.63, 3.8) is 0 Å². The van der Waals surface area contributed by atoms with Crippen LogP contribution in [0.1, 0.15) is 33.3 Å². The molecule has 0 aromatic heterocycles. The summed E-state index contributed by atoms with van der Waals surface area (Å²) in [4.78, 5) is 46.8. The summed E-state index contributed by atoms with van der Waals surface area (Å²) >= 11 is 0. The minimum atomic E-state index is -4.25. The number of esters is 3. The Morgan fingerprint density at radius 3 is 1.91 bits per heavy atom. The Labute approximate surface area is 196 Å². The molecule has 12 nitrogen and oxygen atoms in total. The first kappa shape index (κ1) is 27.2. The van der Waals surface area contributed by atoms with Gasteiger partial charge < -0.3 is 24.3 Å². The largest absolute Gasteiger partial charge is 0.456 e. The summed E-state index contributed by atoms with van der Waals surface area (Å²) in [5.74, 6) is -2.97. The zero-order chi connectivity index (χ0) is 25.6. The average molecular weight is 502 g/mol. The molecule has 1 aromatic rings. The topological polar surface area (TPSA) is 161 Å². The molecule has 0 aliphatic carbocycles. The summed E-state index contributed by atoms with van der Waals surface area (Å²) in [5, 5.41) is 2.45. The highest BCUT2D eigenvalue weighted by atomic mass is 32.2. The van der Waals surface area contributed by atoms with Crippen LogP contribution in [0.15, 0.2) is 29.2 Å². The molecule has 34 heavy (non-hydrogen) atoms. The van der Waals surface area contributed by atoms with Crippen LogP contribution in [0, 0.1) is 6.92 Å². The summed E-state index contributed by atoms with van der Waals surface area (Å²) in [6, 6.07) is 4.61. The Balaban J connectivity index is 2.40. The smallest absolute Gasteiger partial charge is 0.305 e. The van der Waals surface area contributed by atoms with Crippen molar-refractivity contribution in [2.24, 2.45) is 0 Å². The van der Waals surface area contributed by atoms with E-state index in [1.165, 1.54) is 19.1 Å². The van der Waals surface area contributed by atoms with E-state index in [9.17, 15) is 27.6 Å².